The zero-order valence-corrected chi connectivity index (χ0v) is 19.6. The van der Waals surface area contributed by atoms with Crippen LogP contribution in [0.15, 0.2) is 18.2 Å². The van der Waals surface area contributed by atoms with Gasteiger partial charge in [0.1, 0.15) is 12.3 Å². The molecule has 2 aliphatic rings. The Morgan fingerprint density at radius 2 is 2.14 bits per heavy atom. The molecule has 29 heavy (non-hydrogen) atoms. The monoisotopic (exact) mass is 415 g/mol. The van der Waals surface area contributed by atoms with Gasteiger partial charge in [0, 0.05) is 0 Å². The molecule has 1 saturated carbocycles. The second kappa shape index (κ2) is 11.7. The van der Waals surface area contributed by atoms with E-state index in [0.717, 1.165) is 49.7 Å². The molecule has 5 nitrogen and oxygen atoms in total. The normalized spacial score (nSPS) is 27.7. The van der Waals surface area contributed by atoms with E-state index in [0.29, 0.717) is 25.2 Å². The Kier molecular flexibility index (Phi) is 8.73. The molecule has 6 heteroatoms. The van der Waals surface area contributed by atoms with Crippen molar-refractivity contribution in [3.8, 4) is 5.75 Å². The van der Waals surface area contributed by atoms with Crippen LogP contribution in [0.4, 0.5) is 0 Å². The molecule has 0 spiro atoms. The maximum absolute atomic E-state index is 11.0. The Balaban J connectivity index is 0.00000341. The Morgan fingerprint density at radius 1 is 1.34 bits per heavy atom. The molecule has 156 valence electrons. The van der Waals surface area contributed by atoms with E-state index in [9.17, 15) is 20.1 Å². The Hall–Kier alpha value is -0.590. The van der Waals surface area contributed by atoms with Gasteiger partial charge in [0.05, 0.1) is 20.9 Å². The number of hydrogen-bond donors (Lipinski definition) is 2. The number of aliphatic hydroxyl groups is 2. The molecule has 2 N–H and O–H groups in total. The molecule has 0 radical (unpaired) electrons. The van der Waals surface area contributed by atoms with Crippen LogP contribution in [0.5, 0.6) is 5.75 Å². The predicted octanol–water partition coefficient (Wildman–Crippen LogP) is -0.747. The molecular weight excluding hydrogens is 380 g/mol. The summed E-state index contributed by atoms with van der Waals surface area (Å²) in [5, 5.41) is 32.0. The van der Waals surface area contributed by atoms with E-state index in [2.05, 4.69) is 6.92 Å². The number of unbranched alkanes of at least 4 members (excludes halogenated alkanes) is 2. The van der Waals surface area contributed by atoms with Crippen molar-refractivity contribution in [2.24, 2.45) is 17.8 Å². The maximum Gasteiger partial charge on any atom is 1.00 e. The summed E-state index contributed by atoms with van der Waals surface area (Å²) < 4.78 is 20.2. The molecule has 1 aromatic rings. The molecule has 0 bridgehead atoms. The van der Waals surface area contributed by atoms with E-state index in [4.69, 9.17) is 7.48 Å². The summed E-state index contributed by atoms with van der Waals surface area (Å²) >= 11 is 0. The Morgan fingerprint density at radius 3 is 2.86 bits per heavy atom. The van der Waals surface area contributed by atoms with Gasteiger partial charge in [0.25, 0.3) is 0 Å². The predicted molar refractivity (Wildman–Crippen MR) is 105 cm³/mol. The Labute approximate surface area is 199 Å². The van der Waals surface area contributed by atoms with Crippen LogP contribution < -0.4 is 39.4 Å². The first-order valence-electron chi connectivity index (χ1n) is 11.6. The van der Waals surface area contributed by atoms with Gasteiger partial charge in [0.2, 0.25) is 0 Å². The summed E-state index contributed by atoms with van der Waals surface area (Å²) in [4.78, 5) is 11.0. The summed E-state index contributed by atoms with van der Waals surface area (Å²) in [6.07, 6.45) is 6.94. The van der Waals surface area contributed by atoms with Gasteiger partial charge < -0.3 is 24.9 Å². The molecule has 1 aromatic carbocycles. The third kappa shape index (κ3) is 6.44. The van der Waals surface area contributed by atoms with Gasteiger partial charge >= 0.3 is 29.6 Å². The molecular formula is C23H33NaO5. The summed E-state index contributed by atoms with van der Waals surface area (Å²) in [5.74, 6) is -0.966. The zero-order chi connectivity index (χ0) is 21.9. The Bertz CT molecular complexity index is 745. The molecule has 5 atom stereocenters. The maximum atomic E-state index is 11.0. The van der Waals surface area contributed by atoms with E-state index >= 15 is 0 Å². The number of rotatable bonds is 10. The standard InChI is InChI=1S/C23H34O5.Na/c1-2-3-4-7-17(24)9-10-18-19-11-15-6-5-8-22(28-14-23(26)27)20(15)12-16(19)13-21(18)25;/h5-6,8,16-19,21,24-25H,2-4,7,9-14H2,1H3,(H,26,27);/q;+1/p-1/t16-,17-,18+,19-,21+;/m0./s1/i14D2,23+1;. The molecule has 0 aliphatic heterocycles. The molecule has 0 heterocycles. The van der Waals surface area contributed by atoms with Gasteiger partial charge in [-0.25, -0.2) is 0 Å². The molecule has 1 fully saturated rings. The molecule has 0 unspecified atom stereocenters. The van der Waals surface area contributed by atoms with Crippen molar-refractivity contribution in [1.29, 1.82) is 0 Å². The quantitative estimate of drug-likeness (QED) is 0.298. The van der Waals surface area contributed by atoms with Crippen LogP contribution in [0.3, 0.4) is 0 Å². The number of ether oxygens (including phenoxy) is 1. The molecule has 0 amide bonds. The number of carbonyl (C=O) groups excluding carboxylic acids is 1. The smallest absolute Gasteiger partial charge is 0.546 e. The average Bonchev–Trinajstić information content (AvgIpc) is 2.99. The van der Waals surface area contributed by atoms with Crippen molar-refractivity contribution in [3.05, 3.63) is 29.3 Å². The number of fused-ring (bicyclic) bond motifs is 2. The summed E-state index contributed by atoms with van der Waals surface area (Å²) in [5.41, 5.74) is 1.85. The molecule has 0 saturated heterocycles. The van der Waals surface area contributed by atoms with Gasteiger partial charge in [-0.15, -0.1) is 0 Å². The van der Waals surface area contributed by atoms with Crippen LogP contribution >= 0.6 is 0 Å². The minimum absolute atomic E-state index is 0. The second-order valence-electron chi connectivity index (χ2n) is 8.41. The van der Waals surface area contributed by atoms with Gasteiger partial charge in [-0.3, -0.25) is 0 Å². The minimum Gasteiger partial charge on any atom is -0.546 e. The van der Waals surface area contributed by atoms with Gasteiger partial charge in [-0.1, -0.05) is 38.3 Å². The SMILES string of the molecule is [2H]C([2H])(Oc1cccc2c1C[C@H]1C[C@@H](O)[C@H](CC[C@@H](O)CCCCC)[C@H]1C2)[13C](=O)[O-].[Na+]. The molecule has 2 aliphatic carbocycles. The summed E-state index contributed by atoms with van der Waals surface area (Å²) in [7, 11) is 0. The first-order chi connectivity index (χ1) is 14.2. The van der Waals surface area contributed by atoms with Crippen molar-refractivity contribution in [2.75, 3.05) is 6.56 Å². The third-order valence-corrected chi connectivity index (χ3v) is 6.56. The largest absolute Gasteiger partial charge is 1.00 e. The van der Waals surface area contributed by atoms with E-state index < -0.39 is 18.6 Å². The van der Waals surface area contributed by atoms with Crippen LogP contribution in [-0.4, -0.2) is 34.9 Å². The fourth-order valence-electron chi connectivity index (χ4n) is 5.16. The summed E-state index contributed by atoms with van der Waals surface area (Å²) in [6.45, 7) is -0.747. The zero-order valence-electron chi connectivity index (χ0n) is 19.6. The number of benzene rings is 1. The van der Waals surface area contributed by atoms with Crippen LogP contribution in [0.2, 0.25) is 0 Å². The first kappa shape index (κ1) is 21.6. The van der Waals surface area contributed by atoms with Crippen molar-refractivity contribution in [2.45, 2.75) is 76.9 Å². The fourth-order valence-corrected chi connectivity index (χ4v) is 5.16. The molecule has 0 aromatic heterocycles. The fraction of sp³-hybridized carbons (Fsp3) is 0.696. The van der Waals surface area contributed by atoms with Crippen LogP contribution in [0.25, 0.3) is 0 Å². The topological polar surface area (TPSA) is 89.8 Å². The number of carbonyl (C=O) groups is 1. The molecule has 3 rings (SSSR count). The van der Waals surface area contributed by atoms with E-state index in [1.54, 1.807) is 12.1 Å². The van der Waals surface area contributed by atoms with Crippen molar-refractivity contribution in [3.63, 3.8) is 0 Å². The third-order valence-electron chi connectivity index (χ3n) is 6.56. The van der Waals surface area contributed by atoms with Crippen molar-refractivity contribution < 1.29 is 57.1 Å². The van der Waals surface area contributed by atoms with Gasteiger partial charge in [0.15, 0.2) is 0 Å². The number of hydrogen-bond acceptors (Lipinski definition) is 5. The first-order valence-corrected chi connectivity index (χ1v) is 10.6. The van der Waals surface area contributed by atoms with E-state index in [1.165, 1.54) is 0 Å². The van der Waals surface area contributed by atoms with E-state index in [1.807, 2.05) is 6.07 Å². The number of aliphatic carboxylic acids is 1. The average molecular weight is 416 g/mol. The van der Waals surface area contributed by atoms with Gasteiger partial charge in [-0.2, -0.15) is 0 Å². The second-order valence-corrected chi connectivity index (χ2v) is 8.41. The summed E-state index contributed by atoms with van der Waals surface area (Å²) in [6, 6.07) is 5.31. The number of aliphatic hydroxyl groups excluding tert-OH is 2. The van der Waals surface area contributed by atoms with Crippen molar-refractivity contribution in [1.82, 2.24) is 0 Å². The number of carboxylic acids is 1. The van der Waals surface area contributed by atoms with E-state index in [-0.39, 0.29) is 53.2 Å². The number of carboxylic acid groups (broad SMARTS) is 1. The van der Waals surface area contributed by atoms with Crippen LogP contribution in [0.1, 0.15) is 65.7 Å². The van der Waals surface area contributed by atoms with Gasteiger partial charge in [-0.05, 0) is 73.5 Å². The van der Waals surface area contributed by atoms with Crippen molar-refractivity contribution >= 4 is 5.97 Å². The van der Waals surface area contributed by atoms with Crippen LogP contribution in [-0.2, 0) is 17.6 Å². The minimum atomic E-state index is -2.89. The van der Waals surface area contributed by atoms with Crippen LogP contribution in [0, 0.1) is 17.8 Å².